The highest BCUT2D eigenvalue weighted by molar-refractivity contribution is 7.99. The molecule has 2 aromatic heterocycles. The Kier molecular flexibility index (Phi) is 7.33. The number of carboxylic acids is 1. The van der Waals surface area contributed by atoms with E-state index in [-0.39, 0.29) is 18.1 Å². The Bertz CT molecular complexity index is 1210. The fourth-order valence-corrected chi connectivity index (χ4v) is 4.99. The van der Waals surface area contributed by atoms with Crippen LogP contribution in [0.3, 0.4) is 0 Å². The van der Waals surface area contributed by atoms with Gasteiger partial charge in [0.1, 0.15) is 30.2 Å². The molecule has 1 fully saturated rings. The van der Waals surface area contributed by atoms with Crippen molar-refractivity contribution in [3.63, 3.8) is 0 Å². The van der Waals surface area contributed by atoms with Gasteiger partial charge in [-0.15, -0.1) is 0 Å². The number of thioether (sulfide) groups is 1. The van der Waals surface area contributed by atoms with Crippen molar-refractivity contribution in [2.75, 3.05) is 16.8 Å². The number of hydrogen-bond acceptors (Lipinski definition) is 10. The lowest BCUT2D eigenvalue weighted by atomic mass is 10.00. The molecule has 3 aromatic rings. The highest BCUT2D eigenvalue weighted by Gasteiger charge is 2.52. The number of nitrogens with two attached hydrogens (primary N) is 1. The zero-order valence-corrected chi connectivity index (χ0v) is 19.6. The number of carboxylic acid groups (broad SMARTS) is 1. The predicted octanol–water partition coefficient (Wildman–Crippen LogP) is 0.623. The Morgan fingerprint density at radius 2 is 2.00 bits per heavy atom. The van der Waals surface area contributed by atoms with E-state index >= 15 is 0 Å². The fourth-order valence-electron chi connectivity index (χ4n) is 3.78. The Morgan fingerprint density at radius 3 is 2.71 bits per heavy atom. The molecule has 0 bridgehead atoms. The van der Waals surface area contributed by atoms with E-state index < -0.39 is 36.0 Å². The van der Waals surface area contributed by atoms with E-state index in [0.29, 0.717) is 28.2 Å². The lowest BCUT2D eigenvalue weighted by Crippen LogP contribution is -2.42. The molecule has 0 spiro atoms. The van der Waals surface area contributed by atoms with E-state index in [1.54, 1.807) is 37.3 Å². The zero-order valence-electron chi connectivity index (χ0n) is 18.8. The molecule has 1 aliphatic rings. The van der Waals surface area contributed by atoms with Crippen molar-refractivity contribution in [2.45, 2.75) is 43.4 Å². The van der Waals surface area contributed by atoms with Crippen molar-refractivity contribution in [2.24, 2.45) is 5.73 Å². The summed E-state index contributed by atoms with van der Waals surface area (Å²) in [5.74, 6) is -0.485. The normalized spacial score (nSPS) is 25.0. The van der Waals surface area contributed by atoms with Crippen LogP contribution in [0.25, 0.3) is 11.2 Å². The maximum Gasteiger partial charge on any atom is 0.320 e. The largest absolute Gasteiger partial charge is 0.480 e. The molecule has 35 heavy (non-hydrogen) atoms. The quantitative estimate of drug-likeness (QED) is 0.258. The molecule has 5 atom stereocenters. The van der Waals surface area contributed by atoms with Gasteiger partial charge in [-0.2, -0.15) is 11.8 Å². The minimum atomic E-state index is -1.28. The number of carbonyl (C=O) groups is 2. The van der Waals surface area contributed by atoms with Crippen LogP contribution in [-0.4, -0.2) is 82.1 Å². The second-order valence-corrected chi connectivity index (χ2v) is 9.51. The smallest absolute Gasteiger partial charge is 0.320 e. The van der Waals surface area contributed by atoms with Gasteiger partial charge in [0.05, 0.1) is 6.33 Å². The van der Waals surface area contributed by atoms with Crippen LogP contribution in [0.4, 0.5) is 5.82 Å². The average Bonchev–Trinajstić information content (AvgIpc) is 3.38. The van der Waals surface area contributed by atoms with Crippen LogP contribution in [0.2, 0.25) is 0 Å². The number of rotatable bonds is 9. The Morgan fingerprint density at radius 1 is 1.26 bits per heavy atom. The summed E-state index contributed by atoms with van der Waals surface area (Å²) in [6.07, 6.45) is -0.558. The number of aliphatic hydroxyl groups excluding tert-OH is 2. The molecule has 1 saturated heterocycles. The number of fused-ring (bicyclic) bond motifs is 1. The summed E-state index contributed by atoms with van der Waals surface area (Å²) in [4.78, 5) is 36.1. The van der Waals surface area contributed by atoms with Gasteiger partial charge in [-0.3, -0.25) is 14.2 Å². The first-order chi connectivity index (χ1) is 16.7. The topological polar surface area (TPSA) is 186 Å². The maximum atomic E-state index is 12.6. The number of aliphatic carboxylic acids is 1. The number of amides is 1. The molecule has 3 heterocycles. The van der Waals surface area contributed by atoms with Gasteiger partial charge < -0.3 is 31.1 Å². The molecular weight excluding hydrogens is 476 g/mol. The molecule has 0 aliphatic carbocycles. The number of nitrogens with one attached hydrogen (secondary N) is 1. The minimum Gasteiger partial charge on any atom is -0.480 e. The third-order valence-corrected chi connectivity index (χ3v) is 7.11. The SMILES string of the molecule is C[C@]1(CSCC[C@H](N)C(=O)O)O[C@@H](n2cnc3c(NC(=O)c4ccccc4)ncnc32)[C@H](O)[C@@H]1O. The van der Waals surface area contributed by atoms with Crippen molar-refractivity contribution in [1.29, 1.82) is 0 Å². The molecule has 0 radical (unpaired) electrons. The molecule has 0 saturated carbocycles. The van der Waals surface area contributed by atoms with E-state index in [2.05, 4.69) is 20.3 Å². The summed E-state index contributed by atoms with van der Waals surface area (Å²) in [7, 11) is 0. The summed E-state index contributed by atoms with van der Waals surface area (Å²) in [6.45, 7) is 1.67. The highest BCUT2D eigenvalue weighted by Crippen LogP contribution is 2.40. The van der Waals surface area contributed by atoms with Crippen LogP contribution in [-0.2, 0) is 9.53 Å². The third-order valence-electron chi connectivity index (χ3n) is 5.81. The first kappa shape index (κ1) is 25.0. The van der Waals surface area contributed by atoms with Crippen molar-refractivity contribution in [1.82, 2.24) is 19.5 Å². The molecule has 186 valence electrons. The van der Waals surface area contributed by atoms with Crippen molar-refractivity contribution >= 4 is 40.6 Å². The third kappa shape index (κ3) is 5.13. The number of carbonyl (C=O) groups excluding carboxylic acids is 1. The summed E-state index contributed by atoms with van der Waals surface area (Å²) in [5, 5.41) is 33.1. The molecule has 13 heteroatoms. The minimum absolute atomic E-state index is 0.198. The molecule has 4 rings (SSSR count). The maximum absolute atomic E-state index is 12.6. The number of benzene rings is 1. The molecule has 1 aliphatic heterocycles. The van der Waals surface area contributed by atoms with E-state index in [0.717, 1.165) is 0 Å². The Labute approximate surface area is 204 Å². The van der Waals surface area contributed by atoms with E-state index in [9.17, 15) is 19.8 Å². The number of nitrogens with zero attached hydrogens (tertiary/aromatic N) is 4. The predicted molar refractivity (Wildman–Crippen MR) is 128 cm³/mol. The summed E-state index contributed by atoms with van der Waals surface area (Å²) in [6, 6.07) is 7.68. The zero-order chi connectivity index (χ0) is 25.2. The first-order valence-corrected chi connectivity index (χ1v) is 12.0. The van der Waals surface area contributed by atoms with Crippen LogP contribution in [0.15, 0.2) is 43.0 Å². The van der Waals surface area contributed by atoms with Gasteiger partial charge in [0, 0.05) is 11.3 Å². The number of hydrogen-bond donors (Lipinski definition) is 5. The van der Waals surface area contributed by atoms with Crippen molar-refractivity contribution in [3.05, 3.63) is 48.5 Å². The molecule has 1 aromatic carbocycles. The van der Waals surface area contributed by atoms with Gasteiger partial charge >= 0.3 is 5.97 Å². The fraction of sp³-hybridized carbons (Fsp3) is 0.409. The molecule has 6 N–H and O–H groups in total. The summed E-state index contributed by atoms with van der Waals surface area (Å²) < 4.78 is 7.56. The number of aliphatic hydroxyl groups is 2. The van der Waals surface area contributed by atoms with Crippen molar-refractivity contribution in [3.8, 4) is 0 Å². The Hall–Kier alpha value is -3.10. The van der Waals surface area contributed by atoms with Gasteiger partial charge in [0.15, 0.2) is 23.2 Å². The van der Waals surface area contributed by atoms with Gasteiger partial charge in [0.2, 0.25) is 0 Å². The second kappa shape index (κ2) is 10.3. The lowest BCUT2D eigenvalue weighted by molar-refractivity contribution is -0.138. The number of anilines is 1. The van der Waals surface area contributed by atoms with Gasteiger partial charge in [-0.25, -0.2) is 15.0 Å². The van der Waals surface area contributed by atoms with Crippen LogP contribution in [0, 0.1) is 0 Å². The molecular formula is C22H26N6O6S. The average molecular weight is 503 g/mol. The Balaban J connectivity index is 1.49. The van der Waals surface area contributed by atoms with Crippen LogP contribution in [0.1, 0.15) is 29.9 Å². The highest BCUT2D eigenvalue weighted by atomic mass is 32.2. The van der Waals surface area contributed by atoms with Crippen molar-refractivity contribution < 1.29 is 29.6 Å². The summed E-state index contributed by atoms with van der Waals surface area (Å²) in [5.41, 5.74) is 5.47. The number of imidazole rings is 1. The molecule has 0 unspecified atom stereocenters. The molecule has 12 nitrogen and oxygen atoms in total. The summed E-state index contributed by atoms with van der Waals surface area (Å²) >= 11 is 1.37. The van der Waals surface area contributed by atoms with E-state index in [1.165, 1.54) is 29.0 Å². The van der Waals surface area contributed by atoms with E-state index in [1.807, 2.05) is 0 Å². The monoisotopic (exact) mass is 502 g/mol. The van der Waals surface area contributed by atoms with E-state index in [4.69, 9.17) is 15.6 Å². The number of ether oxygens (including phenoxy) is 1. The molecule has 1 amide bonds. The van der Waals surface area contributed by atoms with Gasteiger partial charge in [0.25, 0.3) is 5.91 Å². The first-order valence-electron chi connectivity index (χ1n) is 10.9. The van der Waals surface area contributed by atoms with Gasteiger partial charge in [-0.05, 0) is 31.2 Å². The van der Waals surface area contributed by atoms with Crippen LogP contribution in [0.5, 0.6) is 0 Å². The lowest BCUT2D eigenvalue weighted by Gasteiger charge is -2.27. The standard InChI is InChI=1S/C22H26N6O6S/c1-22(9-35-8-7-13(23)21(32)33)16(30)15(29)20(34-22)28-11-26-14-17(24-10-25-18(14)28)27-19(31)12-5-3-2-4-6-12/h2-6,10-11,13,15-16,20,29-30H,7-9,23H2,1H3,(H,32,33)(H,24,25,27,31)/t13-,15+,16-,20+,22+/m0/s1. The van der Waals surface area contributed by atoms with Crippen LogP contribution < -0.4 is 11.1 Å². The van der Waals surface area contributed by atoms with Crippen LogP contribution >= 0.6 is 11.8 Å². The second-order valence-electron chi connectivity index (χ2n) is 8.41. The number of aromatic nitrogens is 4. The van der Waals surface area contributed by atoms with Gasteiger partial charge in [-0.1, -0.05) is 18.2 Å².